The van der Waals surface area contributed by atoms with Gasteiger partial charge in [0.2, 0.25) is 5.78 Å². The number of fused-ring (bicyclic) bond motifs is 1. The fourth-order valence-corrected chi connectivity index (χ4v) is 2.85. The Kier molecular flexibility index (Phi) is 2.60. The minimum absolute atomic E-state index is 0.0928. The lowest BCUT2D eigenvalue weighted by Crippen LogP contribution is -2.05. The number of carbonyl (C=O) groups is 1. The summed E-state index contributed by atoms with van der Waals surface area (Å²) in [7, 11) is 0. The Labute approximate surface area is 113 Å². The summed E-state index contributed by atoms with van der Waals surface area (Å²) in [6.45, 7) is 3.75. The van der Waals surface area contributed by atoms with Crippen molar-refractivity contribution in [2.75, 3.05) is 5.73 Å². The van der Waals surface area contributed by atoms with Crippen LogP contribution in [0.3, 0.4) is 0 Å². The highest BCUT2D eigenvalue weighted by atomic mass is 32.1. The van der Waals surface area contributed by atoms with Crippen LogP contribution in [0.5, 0.6) is 0 Å². The van der Waals surface area contributed by atoms with Gasteiger partial charge in [-0.2, -0.15) is 0 Å². The lowest BCUT2D eigenvalue weighted by atomic mass is 10.2. The molecule has 0 fully saturated rings. The highest BCUT2D eigenvalue weighted by Gasteiger charge is 2.20. The zero-order valence-corrected chi connectivity index (χ0v) is 11.4. The van der Waals surface area contributed by atoms with Crippen LogP contribution in [-0.4, -0.2) is 20.2 Å². The molecule has 0 atom stereocenters. The van der Waals surface area contributed by atoms with Crippen molar-refractivity contribution in [1.29, 1.82) is 0 Å². The second-order valence-electron chi connectivity index (χ2n) is 4.32. The normalized spacial score (nSPS) is 11.1. The average Bonchev–Trinajstić information content (AvgIpc) is 2.93. The first-order valence-corrected chi connectivity index (χ1v) is 6.60. The van der Waals surface area contributed by atoms with E-state index in [9.17, 15) is 4.79 Å². The standard InChI is InChI=1S/C13H12N4OS/c1-7-4-3-5-17-9(6-15-12(7)17)10(18)11-8(2)16-13(14)19-11/h3-6H,1-2H3,(H2,14,16). The molecule has 0 bridgehead atoms. The van der Waals surface area contributed by atoms with Gasteiger partial charge >= 0.3 is 0 Å². The van der Waals surface area contributed by atoms with Gasteiger partial charge in [-0.1, -0.05) is 17.4 Å². The van der Waals surface area contributed by atoms with E-state index >= 15 is 0 Å². The number of imidazole rings is 1. The van der Waals surface area contributed by atoms with E-state index in [2.05, 4.69) is 9.97 Å². The number of carbonyl (C=O) groups excluding carboxylic acids is 1. The lowest BCUT2D eigenvalue weighted by molar-refractivity contribution is 0.103. The van der Waals surface area contributed by atoms with Crippen molar-refractivity contribution in [2.24, 2.45) is 0 Å². The number of aryl methyl sites for hydroxylation is 2. The third-order valence-corrected chi connectivity index (χ3v) is 3.97. The molecule has 0 spiro atoms. The van der Waals surface area contributed by atoms with Crippen LogP contribution in [-0.2, 0) is 0 Å². The summed E-state index contributed by atoms with van der Waals surface area (Å²) in [6.07, 6.45) is 3.43. The second-order valence-corrected chi connectivity index (χ2v) is 5.35. The largest absolute Gasteiger partial charge is 0.375 e. The highest BCUT2D eigenvalue weighted by molar-refractivity contribution is 7.17. The molecule has 0 aliphatic carbocycles. The molecule has 3 heterocycles. The van der Waals surface area contributed by atoms with Crippen molar-refractivity contribution in [2.45, 2.75) is 13.8 Å². The first kappa shape index (κ1) is 11.9. The van der Waals surface area contributed by atoms with E-state index in [0.29, 0.717) is 21.4 Å². The molecular weight excluding hydrogens is 260 g/mol. The number of pyridine rings is 1. The van der Waals surface area contributed by atoms with Crippen LogP contribution in [0.4, 0.5) is 5.13 Å². The van der Waals surface area contributed by atoms with Gasteiger partial charge in [0.15, 0.2) is 5.13 Å². The average molecular weight is 272 g/mol. The van der Waals surface area contributed by atoms with E-state index in [0.717, 1.165) is 11.2 Å². The number of aromatic nitrogens is 3. The van der Waals surface area contributed by atoms with Gasteiger partial charge in [-0.25, -0.2) is 9.97 Å². The predicted molar refractivity (Wildman–Crippen MR) is 74.6 cm³/mol. The Morgan fingerprint density at radius 2 is 2.21 bits per heavy atom. The minimum Gasteiger partial charge on any atom is -0.375 e. The molecule has 5 nitrogen and oxygen atoms in total. The van der Waals surface area contributed by atoms with Gasteiger partial charge in [0, 0.05) is 6.20 Å². The maximum absolute atomic E-state index is 12.5. The summed E-state index contributed by atoms with van der Waals surface area (Å²) >= 11 is 1.21. The summed E-state index contributed by atoms with van der Waals surface area (Å²) < 4.78 is 1.80. The molecule has 96 valence electrons. The van der Waals surface area contributed by atoms with Crippen LogP contribution in [0.2, 0.25) is 0 Å². The zero-order valence-electron chi connectivity index (χ0n) is 10.5. The van der Waals surface area contributed by atoms with E-state index in [1.54, 1.807) is 17.5 Å². The lowest BCUT2D eigenvalue weighted by Gasteiger charge is -2.01. The number of hydrogen-bond donors (Lipinski definition) is 1. The summed E-state index contributed by atoms with van der Waals surface area (Å²) in [5.41, 5.74) is 8.66. The van der Waals surface area contributed by atoms with Crippen LogP contribution < -0.4 is 5.73 Å². The number of nitrogens with two attached hydrogens (primary N) is 1. The number of nitrogen functional groups attached to an aromatic ring is 1. The van der Waals surface area contributed by atoms with Gasteiger partial charge in [0.1, 0.15) is 16.2 Å². The van der Waals surface area contributed by atoms with E-state index in [1.165, 1.54) is 11.3 Å². The topological polar surface area (TPSA) is 73.3 Å². The molecule has 3 aromatic heterocycles. The quantitative estimate of drug-likeness (QED) is 0.726. The number of ketones is 1. The van der Waals surface area contributed by atoms with Crippen molar-refractivity contribution < 1.29 is 4.79 Å². The number of nitrogens with zero attached hydrogens (tertiary/aromatic N) is 3. The summed E-state index contributed by atoms with van der Waals surface area (Å²) in [5, 5.41) is 0.408. The number of hydrogen-bond acceptors (Lipinski definition) is 5. The molecule has 3 aromatic rings. The molecule has 0 amide bonds. The van der Waals surface area contributed by atoms with E-state index in [1.807, 2.05) is 25.3 Å². The Morgan fingerprint density at radius 1 is 1.42 bits per heavy atom. The summed E-state index contributed by atoms with van der Waals surface area (Å²) in [5.74, 6) is -0.0928. The first-order chi connectivity index (χ1) is 9.08. The highest BCUT2D eigenvalue weighted by Crippen LogP contribution is 2.23. The Balaban J connectivity index is 2.17. The maximum Gasteiger partial charge on any atom is 0.223 e. The van der Waals surface area contributed by atoms with Crippen LogP contribution in [0.15, 0.2) is 24.5 Å². The minimum atomic E-state index is -0.0928. The SMILES string of the molecule is Cc1nc(N)sc1C(=O)c1cnc2c(C)cccn12. The monoisotopic (exact) mass is 272 g/mol. The first-order valence-electron chi connectivity index (χ1n) is 5.78. The third-order valence-electron chi connectivity index (χ3n) is 2.98. The van der Waals surface area contributed by atoms with Crippen LogP contribution in [0, 0.1) is 13.8 Å². The zero-order chi connectivity index (χ0) is 13.6. The molecule has 0 saturated heterocycles. The van der Waals surface area contributed by atoms with E-state index in [4.69, 9.17) is 5.73 Å². The van der Waals surface area contributed by atoms with Crippen LogP contribution in [0.25, 0.3) is 5.65 Å². The van der Waals surface area contributed by atoms with Gasteiger partial charge in [0.25, 0.3) is 0 Å². The van der Waals surface area contributed by atoms with Crippen molar-refractivity contribution in [3.63, 3.8) is 0 Å². The second kappa shape index (κ2) is 4.17. The summed E-state index contributed by atoms with van der Waals surface area (Å²) in [6, 6.07) is 3.86. The molecule has 3 rings (SSSR count). The molecule has 19 heavy (non-hydrogen) atoms. The Hall–Kier alpha value is -2.21. The fourth-order valence-electron chi connectivity index (χ4n) is 2.06. The van der Waals surface area contributed by atoms with Crippen LogP contribution in [0.1, 0.15) is 26.6 Å². The van der Waals surface area contributed by atoms with E-state index in [-0.39, 0.29) is 5.78 Å². The molecule has 0 aliphatic heterocycles. The third kappa shape index (κ3) is 1.80. The fraction of sp³-hybridized carbons (Fsp3) is 0.154. The molecule has 0 aliphatic rings. The van der Waals surface area contributed by atoms with Gasteiger partial charge in [-0.15, -0.1) is 0 Å². The number of rotatable bonds is 2. The summed E-state index contributed by atoms with van der Waals surface area (Å²) in [4.78, 5) is 21.5. The van der Waals surface area contributed by atoms with Crippen molar-refractivity contribution in [3.05, 3.63) is 46.4 Å². The number of thiazole rings is 1. The Bertz CT molecular complexity index is 787. The molecule has 2 N–H and O–H groups in total. The predicted octanol–water partition coefficient (Wildman–Crippen LogP) is 2.22. The van der Waals surface area contributed by atoms with Crippen LogP contribution >= 0.6 is 11.3 Å². The van der Waals surface area contributed by atoms with E-state index < -0.39 is 0 Å². The smallest absolute Gasteiger partial charge is 0.223 e. The van der Waals surface area contributed by atoms with Gasteiger partial charge in [-0.3, -0.25) is 9.20 Å². The Morgan fingerprint density at radius 3 is 2.89 bits per heavy atom. The van der Waals surface area contributed by atoms with Crippen molar-refractivity contribution in [1.82, 2.24) is 14.4 Å². The maximum atomic E-state index is 12.5. The van der Waals surface area contributed by atoms with Crippen molar-refractivity contribution in [3.8, 4) is 0 Å². The molecule has 0 aromatic carbocycles. The molecule has 0 saturated carbocycles. The van der Waals surface area contributed by atoms with Gasteiger partial charge in [-0.05, 0) is 25.5 Å². The van der Waals surface area contributed by atoms with Gasteiger partial charge in [0.05, 0.1) is 11.9 Å². The molecule has 0 radical (unpaired) electrons. The van der Waals surface area contributed by atoms with Crippen molar-refractivity contribution >= 4 is 27.9 Å². The molecule has 0 unspecified atom stereocenters. The molecule has 6 heteroatoms. The number of anilines is 1. The molecular formula is C13H12N4OS. The van der Waals surface area contributed by atoms with Gasteiger partial charge < -0.3 is 5.73 Å².